The number of nitrogens with one attached hydrogen (secondary N) is 1. The normalized spacial score (nSPS) is 25.6. The van der Waals surface area contributed by atoms with E-state index in [2.05, 4.69) is 28.1 Å². The Morgan fingerprint density at radius 2 is 1.77 bits per heavy atom. The largest absolute Gasteiger partial charge is 0.472 e. The van der Waals surface area contributed by atoms with Gasteiger partial charge in [-0.15, -0.1) is 0 Å². The Kier molecular flexibility index (Phi) is 10.4. The summed E-state index contributed by atoms with van der Waals surface area (Å²) < 4.78 is 71.4. The minimum Gasteiger partial charge on any atom is -0.387 e. The third-order valence-corrected chi connectivity index (χ3v) is 7.88. The fraction of sp³-hybridized carbons (Fsp3) is 0.688. The molecule has 7 atom stereocenters. The number of anilines is 1. The van der Waals surface area contributed by atoms with E-state index in [1.165, 1.54) is 22.6 Å². The van der Waals surface area contributed by atoms with Gasteiger partial charge < -0.3 is 39.9 Å². The number of aliphatic hydroxyl groups is 1. The summed E-state index contributed by atoms with van der Waals surface area (Å²) in [6.45, 7) is -2.78. The fourth-order valence-electron chi connectivity index (χ4n) is 3.71. The zero-order valence-corrected chi connectivity index (χ0v) is 23.8. The number of hydrogen-bond acceptors (Lipinski definition) is 14. The van der Waals surface area contributed by atoms with Crippen LogP contribution in [0, 0.1) is 0 Å². The van der Waals surface area contributed by atoms with Crippen LogP contribution in [0.25, 0.3) is 11.2 Å². The van der Waals surface area contributed by atoms with Crippen LogP contribution in [0.4, 0.5) is 5.95 Å². The topological polar surface area (TPSA) is 298 Å². The second-order valence-corrected chi connectivity index (χ2v) is 12.4. The number of nitrogen functional groups attached to an aromatic ring is 1. The smallest absolute Gasteiger partial charge is 0.387 e. The van der Waals surface area contributed by atoms with Crippen molar-refractivity contribution in [1.82, 2.24) is 14.5 Å². The summed E-state index contributed by atoms with van der Waals surface area (Å²) in [4.78, 5) is 56.1. The zero-order valence-electron chi connectivity index (χ0n) is 21.1. The SMILES string of the molecule is CO[C@@H]1[C@H](O)[C@@H](COP(=O)(O)OCC(COP(=O)(O)OC)OP(=O)(O)O)O[C@H]1n1c[n+](C)c2c(=O)[nH]c(N)nc21. The highest BCUT2D eigenvalue weighted by Crippen LogP contribution is 2.47. The number of aromatic nitrogens is 4. The summed E-state index contributed by atoms with van der Waals surface area (Å²) in [5.41, 5.74) is 5.35. The number of aryl methyl sites for hydroxylation is 1. The summed E-state index contributed by atoms with van der Waals surface area (Å²) in [5, 5.41) is 10.7. The number of imidazole rings is 1. The number of hydrogen-bond donors (Lipinski definition) is 7. The number of aliphatic hydroxyl groups excluding tert-OH is 1. The van der Waals surface area contributed by atoms with Crippen LogP contribution < -0.4 is 15.9 Å². The van der Waals surface area contributed by atoms with Gasteiger partial charge in [-0.2, -0.15) is 9.55 Å². The molecule has 3 heterocycles. The summed E-state index contributed by atoms with van der Waals surface area (Å²) in [7, 11) is -11.1. The van der Waals surface area contributed by atoms with Crippen molar-refractivity contribution in [1.29, 1.82) is 0 Å². The first kappa shape index (κ1) is 32.9. The molecular formula is C16H29N5O16P3+. The van der Waals surface area contributed by atoms with Crippen molar-refractivity contribution < 1.29 is 75.0 Å². The fourth-order valence-corrected chi connectivity index (χ4v) is 5.44. The number of methoxy groups -OCH3 is 1. The molecule has 0 bridgehead atoms. The van der Waals surface area contributed by atoms with Gasteiger partial charge in [-0.3, -0.25) is 32.4 Å². The lowest BCUT2D eigenvalue weighted by atomic mass is 10.1. The maximum Gasteiger partial charge on any atom is 0.472 e. The highest BCUT2D eigenvalue weighted by molar-refractivity contribution is 7.47. The molecule has 2 aromatic rings. The number of phosphoric ester groups is 3. The maximum atomic E-state index is 12.4. The minimum absolute atomic E-state index is 0.0972. The van der Waals surface area contributed by atoms with Crippen LogP contribution in [0.1, 0.15) is 6.23 Å². The Labute approximate surface area is 224 Å². The maximum absolute atomic E-state index is 12.4. The van der Waals surface area contributed by atoms with E-state index >= 15 is 0 Å². The monoisotopic (exact) mass is 640 g/mol. The lowest BCUT2D eigenvalue weighted by Gasteiger charge is -2.21. The van der Waals surface area contributed by atoms with Crippen LogP contribution in [0.2, 0.25) is 0 Å². The van der Waals surface area contributed by atoms with E-state index in [0.717, 1.165) is 7.11 Å². The third-order valence-electron chi connectivity index (χ3n) is 5.42. The second kappa shape index (κ2) is 12.7. The van der Waals surface area contributed by atoms with E-state index in [-0.39, 0.29) is 17.1 Å². The summed E-state index contributed by atoms with van der Waals surface area (Å²) >= 11 is 0. The van der Waals surface area contributed by atoms with Gasteiger partial charge in [0.1, 0.15) is 18.3 Å². The Morgan fingerprint density at radius 3 is 2.35 bits per heavy atom. The molecular weight excluding hydrogens is 611 g/mol. The molecule has 0 amide bonds. The number of fused-ring (bicyclic) bond motifs is 1. The van der Waals surface area contributed by atoms with Crippen LogP contribution in [-0.2, 0) is 52.8 Å². The van der Waals surface area contributed by atoms with Crippen molar-refractivity contribution in [3.8, 4) is 0 Å². The molecule has 0 spiro atoms. The standard InChI is InChI=1S/C16H28N5O16P3/c1-20-7-21(13-10(20)14(23)19-16(17)18-13)15-12(31-2)11(22)9(36-15)6-35-40(29,30)34-5-8(37-38(24,25)26)4-33-39(27,28)32-3/h7-9,11-12,15,22H,4-6H2,1-3H3,(H6-,17,18,19,23,24,25,26,27,28,29,30)/p+1/t8?,9-,11-,12-,15-/m1/s1. The molecule has 24 heteroatoms. The van der Waals surface area contributed by atoms with Gasteiger partial charge >= 0.3 is 29.0 Å². The van der Waals surface area contributed by atoms with Crippen molar-refractivity contribution in [2.75, 3.05) is 39.8 Å². The number of nitrogens with zero attached hydrogens (tertiary/aromatic N) is 3. The lowest BCUT2D eigenvalue weighted by Crippen LogP contribution is -2.35. The van der Waals surface area contributed by atoms with Crippen molar-refractivity contribution in [3.63, 3.8) is 0 Å². The minimum atomic E-state index is -5.19. The summed E-state index contributed by atoms with van der Waals surface area (Å²) in [5.74, 6) is -0.182. The van der Waals surface area contributed by atoms with E-state index in [1.807, 2.05) is 0 Å². The Hall–Kier alpha value is -1.64. The highest BCUT2D eigenvalue weighted by Gasteiger charge is 2.49. The molecule has 0 aliphatic carbocycles. The quantitative estimate of drug-likeness (QED) is 0.0849. The van der Waals surface area contributed by atoms with Gasteiger partial charge in [-0.1, -0.05) is 0 Å². The van der Waals surface area contributed by atoms with E-state index in [4.69, 9.17) is 29.5 Å². The Morgan fingerprint density at radius 1 is 1.15 bits per heavy atom. The van der Waals surface area contributed by atoms with Crippen molar-refractivity contribution in [2.45, 2.75) is 30.6 Å². The zero-order chi connectivity index (χ0) is 30.0. The predicted octanol–water partition coefficient (Wildman–Crippen LogP) is -2.22. The van der Waals surface area contributed by atoms with Crippen LogP contribution in [0.5, 0.6) is 0 Å². The number of aromatic amines is 1. The summed E-state index contributed by atoms with van der Waals surface area (Å²) in [6, 6.07) is 0. The highest BCUT2D eigenvalue weighted by atomic mass is 31.2. The number of nitrogens with two attached hydrogens (primary N) is 1. The molecule has 2 aromatic heterocycles. The Balaban J connectivity index is 1.69. The second-order valence-electron chi connectivity index (χ2n) is 8.24. The van der Waals surface area contributed by atoms with Crippen molar-refractivity contribution in [2.24, 2.45) is 7.05 Å². The van der Waals surface area contributed by atoms with E-state index < -0.39 is 79.5 Å². The molecule has 8 N–H and O–H groups in total. The molecule has 21 nitrogen and oxygen atoms in total. The molecule has 3 unspecified atom stereocenters. The predicted molar refractivity (Wildman–Crippen MR) is 128 cm³/mol. The van der Waals surface area contributed by atoms with E-state index in [9.17, 15) is 33.4 Å². The molecule has 1 aliphatic heterocycles. The number of rotatable bonds is 14. The number of phosphoric acid groups is 3. The van der Waals surface area contributed by atoms with Gasteiger partial charge in [0.05, 0.1) is 26.9 Å². The molecule has 0 saturated carbocycles. The third kappa shape index (κ3) is 8.22. The van der Waals surface area contributed by atoms with Gasteiger partial charge in [0.25, 0.3) is 11.2 Å². The molecule has 1 saturated heterocycles. The van der Waals surface area contributed by atoms with Crippen molar-refractivity contribution in [3.05, 3.63) is 16.7 Å². The lowest BCUT2D eigenvalue weighted by molar-refractivity contribution is -0.646. The van der Waals surface area contributed by atoms with Gasteiger partial charge in [-0.05, 0) is 0 Å². The van der Waals surface area contributed by atoms with Crippen LogP contribution in [0.15, 0.2) is 11.1 Å². The van der Waals surface area contributed by atoms with Crippen LogP contribution in [-0.4, -0.2) is 97.7 Å². The molecule has 1 aliphatic rings. The van der Waals surface area contributed by atoms with E-state index in [1.54, 1.807) is 7.05 Å². The van der Waals surface area contributed by atoms with Gasteiger partial charge in [0.15, 0.2) is 6.10 Å². The molecule has 0 aromatic carbocycles. The summed E-state index contributed by atoms with van der Waals surface area (Å²) in [6.07, 6.45) is -5.26. The molecule has 40 heavy (non-hydrogen) atoms. The molecule has 3 rings (SSSR count). The van der Waals surface area contributed by atoms with Gasteiger partial charge in [0, 0.05) is 14.2 Å². The van der Waals surface area contributed by atoms with Crippen LogP contribution in [0.3, 0.4) is 0 Å². The first-order valence-electron chi connectivity index (χ1n) is 11.0. The van der Waals surface area contributed by atoms with E-state index in [0.29, 0.717) is 0 Å². The first-order chi connectivity index (χ1) is 18.5. The van der Waals surface area contributed by atoms with Gasteiger partial charge in [-0.25, -0.2) is 18.3 Å². The molecule has 228 valence electrons. The molecule has 1 fully saturated rings. The average molecular weight is 640 g/mol. The number of ether oxygens (including phenoxy) is 2. The average Bonchev–Trinajstić information content (AvgIpc) is 3.34. The molecule has 0 radical (unpaired) electrons. The van der Waals surface area contributed by atoms with Gasteiger partial charge in [0.2, 0.25) is 18.5 Å². The van der Waals surface area contributed by atoms with Crippen LogP contribution >= 0.6 is 23.5 Å². The van der Waals surface area contributed by atoms with Crippen molar-refractivity contribution >= 4 is 40.6 Å². The first-order valence-corrected chi connectivity index (χ1v) is 15.5. The Bertz CT molecular complexity index is 1390. The number of H-pyrrole nitrogens is 1.